The number of aryl methyl sites for hydroxylation is 1. The molecule has 0 radical (unpaired) electrons. The Balaban J connectivity index is 1.76. The second kappa shape index (κ2) is 5.97. The normalized spacial score (nSPS) is 28.2. The van der Waals surface area contributed by atoms with E-state index in [0.717, 1.165) is 5.69 Å². The van der Waals surface area contributed by atoms with Gasteiger partial charge in [-0.05, 0) is 37.1 Å². The van der Waals surface area contributed by atoms with Crippen molar-refractivity contribution in [3.63, 3.8) is 0 Å². The van der Waals surface area contributed by atoms with Gasteiger partial charge >= 0.3 is 0 Å². The molecule has 0 bridgehead atoms. The van der Waals surface area contributed by atoms with Gasteiger partial charge in [0, 0.05) is 25.7 Å². The molecule has 2 fully saturated rings. The molecule has 1 aliphatic carbocycles. The van der Waals surface area contributed by atoms with Crippen molar-refractivity contribution in [2.45, 2.75) is 35.0 Å². The zero-order chi connectivity index (χ0) is 17.9. The molecule has 2 atom stereocenters. The van der Waals surface area contributed by atoms with Crippen LogP contribution >= 0.6 is 47.0 Å². The largest absolute Gasteiger partial charge is 0.335 e. The number of amides is 1. The van der Waals surface area contributed by atoms with Crippen LogP contribution in [0.4, 0.5) is 10.1 Å². The number of alkyl halides is 3. The minimum absolute atomic E-state index is 0.216. The number of likely N-dealkylation sites (N-methyl/N-ethyl adjacent to an activating group) is 1. The van der Waals surface area contributed by atoms with Crippen LogP contribution in [0.15, 0.2) is 18.2 Å². The average molecular weight is 410 g/mol. The van der Waals surface area contributed by atoms with Gasteiger partial charge in [0.2, 0.25) is 5.91 Å². The van der Waals surface area contributed by atoms with Crippen molar-refractivity contribution in [2.75, 3.05) is 18.5 Å². The highest BCUT2D eigenvalue weighted by atomic mass is 35.5. The summed E-state index contributed by atoms with van der Waals surface area (Å²) in [5.74, 6) is -0.579. The molecule has 1 aliphatic heterocycles. The molecule has 0 spiro atoms. The summed E-state index contributed by atoms with van der Waals surface area (Å²) in [5.41, 5.74) is 1.37. The lowest BCUT2D eigenvalue weighted by atomic mass is 10.2. The molecule has 1 saturated heterocycles. The summed E-state index contributed by atoms with van der Waals surface area (Å²) < 4.78 is 12.2. The summed E-state index contributed by atoms with van der Waals surface area (Å²) in [6.07, 6.45) is 0.885. The van der Waals surface area contributed by atoms with Crippen LogP contribution in [0.5, 0.6) is 0 Å². The van der Waals surface area contributed by atoms with E-state index in [1.54, 1.807) is 26.1 Å². The summed E-state index contributed by atoms with van der Waals surface area (Å²) in [7, 11) is 1.66. The van der Waals surface area contributed by atoms with Crippen molar-refractivity contribution in [1.29, 1.82) is 0 Å². The van der Waals surface area contributed by atoms with Gasteiger partial charge in [-0.2, -0.15) is 0 Å². The molecule has 1 aromatic rings. The molecule has 1 saturated carbocycles. The fraction of sp³-hybridized carbons (Fsp3) is 0.500. The fourth-order valence-corrected chi connectivity index (χ4v) is 4.50. The van der Waals surface area contributed by atoms with Crippen LogP contribution in [0.3, 0.4) is 0 Å². The van der Waals surface area contributed by atoms with Gasteiger partial charge in [-0.15, -0.1) is 11.6 Å². The summed E-state index contributed by atoms with van der Waals surface area (Å²) in [6, 6.07) is 4.59. The highest BCUT2D eigenvalue weighted by Gasteiger charge is 2.71. The van der Waals surface area contributed by atoms with Gasteiger partial charge in [0.15, 0.2) is 4.87 Å². The first-order valence-electron chi connectivity index (χ1n) is 7.50. The predicted octanol–water partition coefficient (Wildman–Crippen LogP) is 4.05. The molecule has 1 aromatic carbocycles. The lowest BCUT2D eigenvalue weighted by Gasteiger charge is -2.28. The zero-order valence-corrected chi connectivity index (χ0v) is 16.2. The van der Waals surface area contributed by atoms with Crippen molar-refractivity contribution in [3.8, 4) is 0 Å². The molecule has 1 amide bonds. The number of hydrogen-bond donors (Lipinski definition) is 0. The predicted molar refractivity (Wildman–Crippen MR) is 99.9 cm³/mol. The Hall–Kier alpha value is -0.620. The molecule has 0 N–H and O–H groups in total. The first-order chi connectivity index (χ1) is 11.1. The standard InChI is InChI=1S/C16H16Cl3FN2OS/c1-9-7-10(3-4-11(9)20)22-6-5-12(13(22)24)21(2)14(23)15(17)8-16(15,18)19/h3-4,7,12H,5-6,8H2,1-2H3. The second-order valence-corrected chi connectivity index (χ2v) is 8.87. The van der Waals surface area contributed by atoms with Crippen LogP contribution in [0.25, 0.3) is 0 Å². The Morgan fingerprint density at radius 2 is 2.04 bits per heavy atom. The molecule has 3 rings (SSSR count). The molecule has 2 unspecified atom stereocenters. The number of nitrogens with zero attached hydrogens (tertiary/aromatic N) is 2. The van der Waals surface area contributed by atoms with E-state index in [1.165, 1.54) is 11.0 Å². The van der Waals surface area contributed by atoms with Gasteiger partial charge in [-0.25, -0.2) is 4.39 Å². The first kappa shape index (κ1) is 18.2. The maximum atomic E-state index is 13.5. The third-order valence-electron chi connectivity index (χ3n) is 4.68. The number of thiocarbonyl (C=S) groups is 1. The van der Waals surface area contributed by atoms with Crippen molar-refractivity contribution < 1.29 is 9.18 Å². The van der Waals surface area contributed by atoms with E-state index >= 15 is 0 Å². The Morgan fingerprint density at radius 1 is 1.42 bits per heavy atom. The number of anilines is 1. The van der Waals surface area contributed by atoms with E-state index in [-0.39, 0.29) is 24.2 Å². The third-order valence-corrected chi connectivity index (χ3v) is 6.89. The number of benzene rings is 1. The number of halogens is 4. The van der Waals surface area contributed by atoms with Gasteiger partial charge in [-0.3, -0.25) is 4.79 Å². The van der Waals surface area contributed by atoms with E-state index in [0.29, 0.717) is 23.5 Å². The number of carbonyl (C=O) groups is 1. The molecular formula is C16H16Cl3FN2OS. The summed E-state index contributed by atoms with van der Waals surface area (Å²) in [5, 5.41) is 0. The maximum absolute atomic E-state index is 13.5. The highest BCUT2D eigenvalue weighted by molar-refractivity contribution is 7.80. The molecular weight excluding hydrogens is 394 g/mol. The van der Waals surface area contributed by atoms with E-state index in [4.69, 9.17) is 47.0 Å². The Morgan fingerprint density at radius 3 is 2.58 bits per heavy atom. The van der Waals surface area contributed by atoms with Gasteiger partial charge in [-0.1, -0.05) is 35.4 Å². The topological polar surface area (TPSA) is 23.6 Å². The first-order valence-corrected chi connectivity index (χ1v) is 9.04. The summed E-state index contributed by atoms with van der Waals surface area (Å²) in [6.45, 7) is 2.35. The van der Waals surface area contributed by atoms with Crippen LogP contribution in [-0.4, -0.2) is 44.6 Å². The quantitative estimate of drug-likeness (QED) is 0.556. The van der Waals surface area contributed by atoms with Crippen LogP contribution in [-0.2, 0) is 4.79 Å². The monoisotopic (exact) mass is 408 g/mol. The average Bonchev–Trinajstić information content (AvgIpc) is 2.85. The van der Waals surface area contributed by atoms with Crippen LogP contribution < -0.4 is 4.90 Å². The summed E-state index contributed by atoms with van der Waals surface area (Å²) in [4.78, 5) is 15.4. The van der Waals surface area contributed by atoms with Crippen molar-refractivity contribution in [3.05, 3.63) is 29.6 Å². The number of carbonyl (C=O) groups excluding carboxylic acids is 1. The maximum Gasteiger partial charge on any atom is 0.247 e. The van der Waals surface area contributed by atoms with E-state index in [1.807, 2.05) is 4.90 Å². The lowest BCUT2D eigenvalue weighted by Crippen LogP contribution is -2.47. The molecule has 0 aromatic heterocycles. The van der Waals surface area contributed by atoms with Crippen molar-refractivity contribution in [2.24, 2.45) is 0 Å². The Bertz CT molecular complexity index is 729. The van der Waals surface area contributed by atoms with Crippen LogP contribution in [0, 0.1) is 12.7 Å². The smallest absolute Gasteiger partial charge is 0.247 e. The minimum Gasteiger partial charge on any atom is -0.335 e. The van der Waals surface area contributed by atoms with Gasteiger partial charge < -0.3 is 9.80 Å². The van der Waals surface area contributed by atoms with Crippen LogP contribution in [0.1, 0.15) is 18.4 Å². The summed E-state index contributed by atoms with van der Waals surface area (Å²) >= 11 is 23.8. The lowest BCUT2D eigenvalue weighted by molar-refractivity contribution is -0.131. The van der Waals surface area contributed by atoms with E-state index < -0.39 is 9.21 Å². The van der Waals surface area contributed by atoms with Crippen molar-refractivity contribution >= 4 is 63.6 Å². The third kappa shape index (κ3) is 2.79. The number of hydrogen-bond acceptors (Lipinski definition) is 2. The van der Waals surface area contributed by atoms with Gasteiger partial charge in [0.05, 0.1) is 6.04 Å². The Labute approximate surface area is 160 Å². The number of rotatable bonds is 3. The molecule has 8 heteroatoms. The zero-order valence-electron chi connectivity index (χ0n) is 13.2. The fourth-order valence-electron chi connectivity index (χ4n) is 2.99. The Kier molecular flexibility index (Phi) is 4.53. The molecule has 130 valence electrons. The molecule has 1 heterocycles. The van der Waals surface area contributed by atoms with E-state index in [9.17, 15) is 9.18 Å². The molecule has 2 aliphatic rings. The SMILES string of the molecule is Cc1cc(N2CCC(N(C)C(=O)C3(Cl)CC3(Cl)Cl)C2=S)ccc1F. The van der Waals surface area contributed by atoms with Gasteiger partial charge in [0.1, 0.15) is 15.1 Å². The molecule has 3 nitrogen and oxygen atoms in total. The highest BCUT2D eigenvalue weighted by Crippen LogP contribution is 2.62. The van der Waals surface area contributed by atoms with Crippen LogP contribution in [0.2, 0.25) is 0 Å². The van der Waals surface area contributed by atoms with E-state index in [2.05, 4.69) is 0 Å². The van der Waals surface area contributed by atoms with Gasteiger partial charge in [0.25, 0.3) is 0 Å². The second-order valence-electron chi connectivity index (χ2n) is 6.33. The van der Waals surface area contributed by atoms with Crippen molar-refractivity contribution in [1.82, 2.24) is 4.90 Å². The minimum atomic E-state index is -1.28. The molecule has 24 heavy (non-hydrogen) atoms.